The van der Waals surface area contributed by atoms with Gasteiger partial charge >= 0.3 is 0 Å². The molecule has 2 atom stereocenters. The first-order valence-corrected chi connectivity index (χ1v) is 6.67. The number of nitrogens with zero attached hydrogens (tertiary/aromatic N) is 2. The molecule has 0 aliphatic carbocycles. The largest absolute Gasteiger partial charge is 0.378 e. The maximum atomic E-state index is 12.1. The van der Waals surface area contributed by atoms with E-state index in [0.717, 1.165) is 17.1 Å². The van der Waals surface area contributed by atoms with Crippen LogP contribution >= 0.6 is 11.3 Å². The van der Waals surface area contributed by atoms with Crippen LogP contribution in [0.25, 0.3) is 4.96 Å². The Bertz CT molecular complexity index is 517. The number of rotatable bonds is 3. The Morgan fingerprint density at radius 3 is 3.29 bits per heavy atom. The van der Waals surface area contributed by atoms with Gasteiger partial charge in [0.05, 0.1) is 18.2 Å². The fourth-order valence-corrected chi connectivity index (χ4v) is 3.04. The number of thiazole rings is 1. The molecule has 5 heteroatoms. The third-order valence-electron chi connectivity index (χ3n) is 3.29. The Morgan fingerprint density at radius 2 is 2.59 bits per heavy atom. The van der Waals surface area contributed by atoms with Gasteiger partial charge in [-0.25, -0.2) is 4.98 Å². The molecule has 0 saturated carbocycles. The quantitative estimate of drug-likeness (QED) is 0.836. The van der Waals surface area contributed by atoms with Gasteiger partial charge in [0, 0.05) is 30.3 Å². The summed E-state index contributed by atoms with van der Waals surface area (Å²) in [7, 11) is 0. The minimum Gasteiger partial charge on any atom is -0.378 e. The van der Waals surface area contributed by atoms with Crippen LogP contribution in [-0.4, -0.2) is 27.9 Å². The highest BCUT2D eigenvalue weighted by Gasteiger charge is 2.30. The van der Waals surface area contributed by atoms with Crippen molar-refractivity contribution in [1.29, 1.82) is 0 Å². The topological polar surface area (TPSA) is 43.6 Å². The number of ether oxygens (including phenoxy) is 1. The van der Waals surface area contributed by atoms with Crippen LogP contribution in [0.5, 0.6) is 0 Å². The first-order valence-electron chi connectivity index (χ1n) is 5.79. The Hall–Kier alpha value is -1.20. The molecule has 17 heavy (non-hydrogen) atoms. The van der Waals surface area contributed by atoms with Crippen LogP contribution in [0.15, 0.2) is 17.8 Å². The summed E-state index contributed by atoms with van der Waals surface area (Å²) in [5, 5.41) is 1.99. The molecule has 1 saturated heterocycles. The van der Waals surface area contributed by atoms with Gasteiger partial charge in [0.15, 0.2) is 4.96 Å². The number of hydrogen-bond donors (Lipinski definition) is 0. The zero-order chi connectivity index (χ0) is 11.8. The number of imidazole rings is 1. The molecule has 1 aliphatic rings. The maximum Gasteiger partial charge on any atom is 0.193 e. The monoisotopic (exact) mass is 250 g/mol. The molecule has 4 nitrogen and oxygen atoms in total. The number of carbonyl (C=O) groups is 1. The molecular formula is C12H14N2O2S. The number of carbonyl (C=O) groups excluding carboxylic acids is 1. The van der Waals surface area contributed by atoms with Gasteiger partial charge in [-0.2, -0.15) is 0 Å². The van der Waals surface area contributed by atoms with Crippen LogP contribution in [0, 0.1) is 5.92 Å². The summed E-state index contributed by atoms with van der Waals surface area (Å²) in [5.74, 6) is 0.301. The van der Waals surface area contributed by atoms with E-state index in [1.807, 2.05) is 29.1 Å². The molecule has 0 amide bonds. The predicted octanol–water partition coefficient (Wildman–Crippen LogP) is 1.93. The summed E-state index contributed by atoms with van der Waals surface area (Å²) in [4.78, 5) is 17.5. The highest BCUT2D eigenvalue weighted by Crippen LogP contribution is 2.23. The van der Waals surface area contributed by atoms with E-state index in [1.165, 1.54) is 0 Å². The summed E-state index contributed by atoms with van der Waals surface area (Å²) in [6.07, 6.45) is 5.23. The molecule has 2 unspecified atom stereocenters. The second-order valence-corrected chi connectivity index (χ2v) is 5.31. The van der Waals surface area contributed by atoms with Crippen LogP contribution in [-0.2, 0) is 16.0 Å². The fourth-order valence-electron chi connectivity index (χ4n) is 2.33. The predicted molar refractivity (Wildman–Crippen MR) is 65.3 cm³/mol. The minimum absolute atomic E-state index is 0.0507. The molecule has 2 aromatic rings. The molecule has 0 aromatic carbocycles. The average Bonchev–Trinajstić information content (AvgIpc) is 2.92. The van der Waals surface area contributed by atoms with E-state index < -0.39 is 0 Å². The van der Waals surface area contributed by atoms with E-state index >= 15 is 0 Å². The number of ketones is 1. The van der Waals surface area contributed by atoms with Gasteiger partial charge in [0.2, 0.25) is 0 Å². The first-order chi connectivity index (χ1) is 8.24. The molecule has 3 rings (SSSR count). The van der Waals surface area contributed by atoms with Crippen molar-refractivity contribution < 1.29 is 9.53 Å². The van der Waals surface area contributed by atoms with Crippen LogP contribution in [0.4, 0.5) is 0 Å². The van der Waals surface area contributed by atoms with Gasteiger partial charge in [-0.3, -0.25) is 9.20 Å². The Balaban J connectivity index is 1.74. The molecule has 0 spiro atoms. The van der Waals surface area contributed by atoms with E-state index in [4.69, 9.17) is 4.74 Å². The van der Waals surface area contributed by atoms with E-state index in [-0.39, 0.29) is 17.8 Å². The number of fused-ring (bicyclic) bond motifs is 1. The lowest BCUT2D eigenvalue weighted by molar-refractivity contribution is -0.123. The summed E-state index contributed by atoms with van der Waals surface area (Å²) in [6.45, 7) is 2.68. The van der Waals surface area contributed by atoms with E-state index in [9.17, 15) is 4.79 Å². The molecule has 0 bridgehead atoms. The van der Waals surface area contributed by atoms with Crippen molar-refractivity contribution in [3.8, 4) is 0 Å². The van der Waals surface area contributed by atoms with E-state index in [1.54, 1.807) is 11.3 Å². The second kappa shape index (κ2) is 4.23. The molecule has 0 radical (unpaired) electrons. The average molecular weight is 250 g/mol. The van der Waals surface area contributed by atoms with Crippen molar-refractivity contribution in [3.05, 3.63) is 23.5 Å². The van der Waals surface area contributed by atoms with Crippen molar-refractivity contribution in [3.63, 3.8) is 0 Å². The zero-order valence-electron chi connectivity index (χ0n) is 9.63. The lowest BCUT2D eigenvalue weighted by Crippen LogP contribution is -2.23. The van der Waals surface area contributed by atoms with Gasteiger partial charge in [-0.05, 0) is 13.3 Å². The van der Waals surface area contributed by atoms with Crippen LogP contribution < -0.4 is 0 Å². The van der Waals surface area contributed by atoms with Crippen LogP contribution in [0.1, 0.15) is 19.0 Å². The highest BCUT2D eigenvalue weighted by molar-refractivity contribution is 7.15. The molecule has 2 aromatic heterocycles. The fraction of sp³-hybridized carbons (Fsp3) is 0.500. The van der Waals surface area contributed by atoms with Gasteiger partial charge in [0.1, 0.15) is 5.78 Å². The Morgan fingerprint density at radius 1 is 1.71 bits per heavy atom. The Kier molecular flexibility index (Phi) is 2.72. The summed E-state index contributed by atoms with van der Waals surface area (Å²) in [6, 6.07) is 0. The molecule has 1 fully saturated rings. The molecule has 1 aliphatic heterocycles. The van der Waals surface area contributed by atoms with Gasteiger partial charge in [-0.1, -0.05) is 0 Å². The highest BCUT2D eigenvalue weighted by atomic mass is 32.1. The molecule has 90 valence electrons. The first kappa shape index (κ1) is 10.9. The van der Waals surface area contributed by atoms with Crippen molar-refractivity contribution in [2.24, 2.45) is 5.92 Å². The summed E-state index contributed by atoms with van der Waals surface area (Å²) in [5.41, 5.74) is 0.862. The summed E-state index contributed by atoms with van der Waals surface area (Å²) >= 11 is 1.58. The zero-order valence-corrected chi connectivity index (χ0v) is 10.4. The van der Waals surface area contributed by atoms with Gasteiger partial charge in [-0.15, -0.1) is 11.3 Å². The normalized spacial score (nSPS) is 24.5. The minimum atomic E-state index is 0.0507. The number of Topliss-reactive ketones (excluding diaryl/α,β-unsaturated/α-hetero) is 1. The van der Waals surface area contributed by atoms with Crippen molar-refractivity contribution in [1.82, 2.24) is 9.38 Å². The van der Waals surface area contributed by atoms with Crippen LogP contribution in [0.2, 0.25) is 0 Å². The van der Waals surface area contributed by atoms with E-state index in [2.05, 4.69) is 4.98 Å². The molecule has 3 heterocycles. The summed E-state index contributed by atoms with van der Waals surface area (Å²) < 4.78 is 7.38. The second-order valence-electron chi connectivity index (χ2n) is 4.44. The van der Waals surface area contributed by atoms with Crippen molar-refractivity contribution in [2.75, 3.05) is 6.61 Å². The smallest absolute Gasteiger partial charge is 0.193 e. The van der Waals surface area contributed by atoms with Crippen LogP contribution in [0.3, 0.4) is 0 Å². The standard InChI is InChI=1S/C12H14N2O2S/c1-8-10(2-4-16-8)11(15)6-9-7-14-3-5-17-12(14)13-9/h3,5,7-8,10H,2,4,6H2,1H3. The third kappa shape index (κ3) is 2.00. The molecular weight excluding hydrogens is 236 g/mol. The van der Waals surface area contributed by atoms with Gasteiger partial charge in [0.25, 0.3) is 0 Å². The lowest BCUT2D eigenvalue weighted by atomic mass is 9.95. The molecule has 0 N–H and O–H groups in total. The SMILES string of the molecule is CC1OCCC1C(=O)Cc1cn2ccsc2n1. The van der Waals surface area contributed by atoms with Crippen molar-refractivity contribution in [2.45, 2.75) is 25.9 Å². The van der Waals surface area contributed by atoms with E-state index in [0.29, 0.717) is 13.0 Å². The third-order valence-corrected chi connectivity index (χ3v) is 4.06. The maximum absolute atomic E-state index is 12.1. The van der Waals surface area contributed by atoms with Crippen molar-refractivity contribution >= 4 is 22.1 Å². The number of aromatic nitrogens is 2. The Labute approximate surface area is 103 Å². The van der Waals surface area contributed by atoms with Gasteiger partial charge < -0.3 is 4.74 Å². The number of hydrogen-bond acceptors (Lipinski definition) is 4. The lowest BCUT2D eigenvalue weighted by Gasteiger charge is -2.11.